The molecule has 0 aliphatic rings. The third-order valence-electron chi connectivity index (χ3n) is 2.02. The zero-order valence-corrected chi connectivity index (χ0v) is 9.44. The van der Waals surface area contributed by atoms with E-state index in [0.717, 1.165) is 6.07 Å². The lowest BCUT2D eigenvalue weighted by Gasteiger charge is -2.08. The van der Waals surface area contributed by atoms with Crippen LogP contribution in [0.15, 0.2) is 30.9 Å². The van der Waals surface area contributed by atoms with Gasteiger partial charge in [0.1, 0.15) is 6.61 Å². The second-order valence-corrected chi connectivity index (χ2v) is 3.41. The summed E-state index contributed by atoms with van der Waals surface area (Å²) in [5.74, 6) is -1.09. The number of carbonyl (C=O) groups is 1. The van der Waals surface area contributed by atoms with E-state index in [2.05, 4.69) is 11.3 Å². The third kappa shape index (κ3) is 3.80. The smallest absolute Gasteiger partial charge is 0.416 e. The Labute approximate surface area is 105 Å². The number of hydrogen-bond acceptors (Lipinski definition) is 4. The first-order valence-corrected chi connectivity index (χ1v) is 4.90. The summed E-state index contributed by atoms with van der Waals surface area (Å²) in [6, 6.07) is 1.57. The Bertz CT molecular complexity index is 525. The van der Waals surface area contributed by atoms with Crippen LogP contribution >= 0.6 is 0 Å². The van der Waals surface area contributed by atoms with Gasteiger partial charge in [0.2, 0.25) is 0 Å². The molecule has 0 amide bonds. The minimum atomic E-state index is -4.79. The number of rotatable bonds is 4. The number of benzene rings is 1. The fraction of sp³-hybridized carbons (Fsp3) is 0.182. The van der Waals surface area contributed by atoms with Crippen molar-refractivity contribution in [2.45, 2.75) is 6.18 Å². The van der Waals surface area contributed by atoms with Crippen LogP contribution in [0.2, 0.25) is 0 Å². The second kappa shape index (κ2) is 5.51. The maximum Gasteiger partial charge on any atom is 0.416 e. The lowest BCUT2D eigenvalue weighted by molar-refractivity contribution is -0.385. The minimum Gasteiger partial charge on any atom is -0.458 e. The Morgan fingerprint density at radius 1 is 1.42 bits per heavy atom. The van der Waals surface area contributed by atoms with Crippen molar-refractivity contribution in [2.75, 3.05) is 6.61 Å². The van der Waals surface area contributed by atoms with Gasteiger partial charge >= 0.3 is 12.1 Å². The van der Waals surface area contributed by atoms with Crippen LogP contribution in [-0.2, 0) is 10.9 Å². The largest absolute Gasteiger partial charge is 0.458 e. The topological polar surface area (TPSA) is 69.4 Å². The molecule has 0 atom stereocenters. The van der Waals surface area contributed by atoms with Gasteiger partial charge in [-0.1, -0.05) is 12.7 Å². The first-order chi connectivity index (χ1) is 8.75. The molecule has 0 fully saturated rings. The number of hydrogen-bond donors (Lipinski definition) is 0. The van der Waals surface area contributed by atoms with Gasteiger partial charge in [0.15, 0.2) is 0 Å². The number of ether oxygens (including phenoxy) is 1. The van der Waals surface area contributed by atoms with Crippen LogP contribution in [0.3, 0.4) is 0 Å². The number of carbonyl (C=O) groups excluding carboxylic acids is 1. The molecule has 102 valence electrons. The summed E-state index contributed by atoms with van der Waals surface area (Å²) in [5.41, 5.74) is -2.66. The first-order valence-electron chi connectivity index (χ1n) is 4.90. The van der Waals surface area contributed by atoms with Gasteiger partial charge in [-0.05, 0) is 6.07 Å². The monoisotopic (exact) mass is 275 g/mol. The van der Waals surface area contributed by atoms with Gasteiger partial charge in [-0.15, -0.1) is 0 Å². The second-order valence-electron chi connectivity index (χ2n) is 3.41. The van der Waals surface area contributed by atoms with Gasteiger partial charge in [0.05, 0.1) is 16.1 Å². The maximum absolute atomic E-state index is 12.5. The van der Waals surface area contributed by atoms with Crippen LogP contribution in [0.4, 0.5) is 18.9 Å². The molecule has 0 radical (unpaired) electrons. The van der Waals surface area contributed by atoms with Gasteiger partial charge in [-0.25, -0.2) is 4.79 Å². The zero-order valence-electron chi connectivity index (χ0n) is 9.44. The number of nitrogens with zero attached hydrogens (tertiary/aromatic N) is 1. The summed E-state index contributed by atoms with van der Waals surface area (Å²) >= 11 is 0. The van der Waals surface area contributed by atoms with E-state index in [-0.39, 0.29) is 6.61 Å². The van der Waals surface area contributed by atoms with Crippen molar-refractivity contribution < 1.29 is 27.6 Å². The highest BCUT2D eigenvalue weighted by molar-refractivity contribution is 5.90. The summed E-state index contributed by atoms with van der Waals surface area (Å²) in [4.78, 5) is 20.9. The first kappa shape index (κ1) is 14.7. The number of nitro groups is 1. The predicted octanol–water partition coefficient (Wildman–Crippen LogP) is 2.96. The van der Waals surface area contributed by atoms with E-state index in [0.29, 0.717) is 12.1 Å². The Kier molecular flexibility index (Phi) is 4.26. The highest BCUT2D eigenvalue weighted by Crippen LogP contribution is 2.32. The van der Waals surface area contributed by atoms with Crippen LogP contribution in [0.5, 0.6) is 0 Å². The average molecular weight is 275 g/mol. The van der Waals surface area contributed by atoms with Crippen LogP contribution < -0.4 is 0 Å². The quantitative estimate of drug-likeness (QED) is 0.366. The molecule has 0 saturated carbocycles. The van der Waals surface area contributed by atoms with E-state index >= 15 is 0 Å². The van der Waals surface area contributed by atoms with Gasteiger partial charge in [-0.2, -0.15) is 13.2 Å². The molecule has 0 bridgehead atoms. The van der Waals surface area contributed by atoms with Crippen LogP contribution in [-0.4, -0.2) is 17.5 Å². The van der Waals surface area contributed by atoms with Gasteiger partial charge in [0.25, 0.3) is 5.69 Å². The zero-order chi connectivity index (χ0) is 14.6. The molecule has 19 heavy (non-hydrogen) atoms. The van der Waals surface area contributed by atoms with E-state index in [1.165, 1.54) is 6.08 Å². The predicted molar refractivity (Wildman–Crippen MR) is 58.6 cm³/mol. The molecule has 0 unspecified atom stereocenters. The minimum absolute atomic E-state index is 0.205. The van der Waals surface area contributed by atoms with E-state index in [1.54, 1.807) is 0 Å². The van der Waals surface area contributed by atoms with Crippen LogP contribution in [0, 0.1) is 10.1 Å². The van der Waals surface area contributed by atoms with Gasteiger partial charge in [-0.3, -0.25) is 10.1 Å². The summed E-state index contributed by atoms with van der Waals surface area (Å²) < 4.78 is 42.1. The van der Waals surface area contributed by atoms with E-state index in [1.807, 2.05) is 0 Å². The van der Waals surface area contributed by atoms with Crippen LogP contribution in [0.1, 0.15) is 15.9 Å². The fourth-order valence-corrected chi connectivity index (χ4v) is 1.22. The summed E-state index contributed by atoms with van der Waals surface area (Å²) in [6.45, 7) is 3.06. The molecule has 0 heterocycles. The van der Waals surface area contributed by atoms with Crippen molar-refractivity contribution in [1.29, 1.82) is 0 Å². The van der Waals surface area contributed by atoms with Crippen molar-refractivity contribution in [3.05, 3.63) is 52.1 Å². The molecule has 0 aliphatic heterocycles. The standard InChI is InChI=1S/C11H8F3NO4/c1-2-3-19-10(16)7-4-8(11(12,13)14)6-9(5-7)15(17)18/h2,4-6H,1,3H2. The third-order valence-corrected chi connectivity index (χ3v) is 2.02. The highest BCUT2D eigenvalue weighted by Gasteiger charge is 2.33. The van der Waals surface area contributed by atoms with Crippen molar-refractivity contribution in [2.24, 2.45) is 0 Å². The average Bonchev–Trinajstić information content (AvgIpc) is 2.34. The fourth-order valence-electron chi connectivity index (χ4n) is 1.22. The van der Waals surface area contributed by atoms with E-state index < -0.39 is 33.9 Å². The van der Waals surface area contributed by atoms with Gasteiger partial charge in [0, 0.05) is 12.1 Å². The summed E-state index contributed by atoms with van der Waals surface area (Å²) in [7, 11) is 0. The lowest BCUT2D eigenvalue weighted by Crippen LogP contribution is -2.11. The molecule has 0 aliphatic carbocycles. The van der Waals surface area contributed by atoms with Gasteiger partial charge < -0.3 is 4.74 Å². The SMILES string of the molecule is C=CCOC(=O)c1cc([N+](=O)[O-])cc(C(F)(F)F)c1. The number of non-ortho nitro benzene ring substituents is 1. The van der Waals surface area contributed by atoms with E-state index in [4.69, 9.17) is 0 Å². The molecule has 0 saturated heterocycles. The number of halogens is 3. The van der Waals surface area contributed by atoms with Crippen molar-refractivity contribution in [3.63, 3.8) is 0 Å². The molecular weight excluding hydrogens is 267 g/mol. The molecular formula is C11H8F3NO4. The molecule has 1 aromatic rings. The molecule has 0 aromatic heterocycles. The Morgan fingerprint density at radius 2 is 2.05 bits per heavy atom. The number of nitro benzene ring substituents is 1. The summed E-state index contributed by atoms with van der Waals surface area (Å²) in [6.07, 6.45) is -3.57. The molecule has 0 spiro atoms. The molecule has 0 N–H and O–H groups in total. The molecule has 5 nitrogen and oxygen atoms in total. The molecule has 1 aromatic carbocycles. The maximum atomic E-state index is 12.5. The van der Waals surface area contributed by atoms with Crippen molar-refractivity contribution in [1.82, 2.24) is 0 Å². The lowest BCUT2D eigenvalue weighted by atomic mass is 10.1. The molecule has 1 rings (SSSR count). The van der Waals surface area contributed by atoms with E-state index in [9.17, 15) is 28.1 Å². The molecule has 8 heteroatoms. The summed E-state index contributed by atoms with van der Waals surface area (Å²) in [5, 5.41) is 10.5. The number of esters is 1. The van der Waals surface area contributed by atoms with Crippen molar-refractivity contribution in [3.8, 4) is 0 Å². The highest BCUT2D eigenvalue weighted by atomic mass is 19.4. The van der Waals surface area contributed by atoms with Crippen LogP contribution in [0.25, 0.3) is 0 Å². The Balaban J connectivity index is 3.24. The normalized spacial score (nSPS) is 10.9. The number of alkyl halides is 3. The van der Waals surface area contributed by atoms with Crippen molar-refractivity contribution >= 4 is 11.7 Å². The Hall–Kier alpha value is -2.38. The Morgan fingerprint density at radius 3 is 2.53 bits per heavy atom.